The molecule has 0 radical (unpaired) electrons. The van der Waals surface area contributed by atoms with Crippen LogP contribution in [0.25, 0.3) is 11.3 Å². The second-order valence-corrected chi connectivity index (χ2v) is 7.07. The Kier molecular flexibility index (Phi) is 4.41. The number of carbonyl (C=O) groups excluding carboxylic acids is 1. The van der Waals surface area contributed by atoms with E-state index in [4.69, 9.17) is 4.74 Å². The van der Waals surface area contributed by atoms with Crippen molar-refractivity contribution in [2.24, 2.45) is 14.1 Å². The number of aromatic nitrogens is 4. The summed E-state index contributed by atoms with van der Waals surface area (Å²) in [6.45, 7) is 4.10. The molecule has 9 nitrogen and oxygen atoms in total. The second kappa shape index (κ2) is 6.73. The zero-order valence-electron chi connectivity index (χ0n) is 15.2. The Morgan fingerprint density at radius 1 is 1.31 bits per heavy atom. The molecule has 0 aromatic carbocycles. The van der Waals surface area contributed by atoms with Crippen molar-refractivity contribution in [1.29, 1.82) is 0 Å². The number of morpholine rings is 1. The fourth-order valence-electron chi connectivity index (χ4n) is 3.47. The van der Waals surface area contributed by atoms with Crippen LogP contribution in [0.3, 0.4) is 0 Å². The fourth-order valence-corrected chi connectivity index (χ4v) is 3.47. The maximum Gasteiger partial charge on any atom is 0.320 e. The van der Waals surface area contributed by atoms with Crippen LogP contribution in [0.1, 0.15) is 12.8 Å². The molecule has 2 N–H and O–H groups in total. The first-order valence-electron chi connectivity index (χ1n) is 8.96. The van der Waals surface area contributed by atoms with Crippen LogP contribution in [0.4, 0.5) is 10.6 Å². The molecule has 0 spiro atoms. The Bertz CT molecular complexity index is 787. The molecule has 26 heavy (non-hydrogen) atoms. The average molecular weight is 359 g/mol. The third kappa shape index (κ3) is 3.45. The Morgan fingerprint density at radius 3 is 2.73 bits per heavy atom. The van der Waals surface area contributed by atoms with Gasteiger partial charge in [0.25, 0.3) is 0 Å². The van der Waals surface area contributed by atoms with E-state index >= 15 is 0 Å². The van der Waals surface area contributed by atoms with Gasteiger partial charge in [-0.25, -0.2) is 4.79 Å². The minimum absolute atomic E-state index is 0.119. The highest BCUT2D eigenvalue weighted by Gasteiger charge is 2.48. The fraction of sp³-hybridized carbons (Fsp3) is 0.588. The monoisotopic (exact) mass is 359 g/mol. The summed E-state index contributed by atoms with van der Waals surface area (Å²) >= 11 is 0. The van der Waals surface area contributed by atoms with E-state index in [9.17, 15) is 4.79 Å². The standard InChI is InChI=1S/C17H25N7O2/c1-22-11-13(10-19-22)14-9-15(23(2)21-14)20-16(25)18-12-17(3-4-17)24-5-7-26-8-6-24/h9-11H,3-8,12H2,1-2H3,(H2,18,20,25). The average Bonchev–Trinajstić information content (AvgIpc) is 3.19. The molecule has 0 unspecified atom stereocenters. The Balaban J connectivity index is 1.34. The number of hydrogen-bond donors (Lipinski definition) is 2. The maximum atomic E-state index is 12.3. The molecule has 0 bridgehead atoms. The lowest BCUT2D eigenvalue weighted by atomic mass is 10.2. The van der Waals surface area contributed by atoms with Gasteiger partial charge in [-0.2, -0.15) is 10.2 Å². The molecule has 4 rings (SSSR count). The first kappa shape index (κ1) is 17.0. The first-order valence-corrected chi connectivity index (χ1v) is 8.96. The third-order valence-electron chi connectivity index (χ3n) is 5.21. The van der Waals surface area contributed by atoms with Gasteiger partial charge >= 0.3 is 6.03 Å². The number of ether oxygens (including phenoxy) is 1. The minimum atomic E-state index is -0.203. The summed E-state index contributed by atoms with van der Waals surface area (Å²) < 4.78 is 8.81. The van der Waals surface area contributed by atoms with E-state index in [2.05, 4.69) is 25.7 Å². The summed E-state index contributed by atoms with van der Waals surface area (Å²) in [6, 6.07) is 1.65. The lowest BCUT2D eigenvalue weighted by Gasteiger charge is -2.34. The molecule has 2 aromatic heterocycles. The highest BCUT2D eigenvalue weighted by Crippen LogP contribution is 2.41. The number of nitrogens with one attached hydrogen (secondary N) is 2. The number of hydrogen-bond acceptors (Lipinski definition) is 5. The molecule has 3 heterocycles. The van der Waals surface area contributed by atoms with Crippen LogP contribution in [0.15, 0.2) is 18.5 Å². The molecular weight excluding hydrogens is 334 g/mol. The van der Waals surface area contributed by atoms with Gasteiger partial charge in [-0.15, -0.1) is 0 Å². The molecule has 2 amide bonds. The number of amides is 2. The molecular formula is C17H25N7O2. The summed E-state index contributed by atoms with van der Waals surface area (Å²) in [5, 5.41) is 14.5. The summed E-state index contributed by atoms with van der Waals surface area (Å²) in [5.41, 5.74) is 1.82. The van der Waals surface area contributed by atoms with Crippen LogP contribution in [0.5, 0.6) is 0 Å². The first-order chi connectivity index (χ1) is 12.6. The van der Waals surface area contributed by atoms with E-state index in [1.54, 1.807) is 15.6 Å². The summed E-state index contributed by atoms with van der Waals surface area (Å²) in [5.74, 6) is 0.651. The van der Waals surface area contributed by atoms with Gasteiger partial charge in [0.05, 0.1) is 25.1 Å². The van der Waals surface area contributed by atoms with E-state index in [0.29, 0.717) is 12.4 Å². The van der Waals surface area contributed by atoms with Gasteiger partial charge < -0.3 is 10.1 Å². The molecule has 1 saturated carbocycles. The van der Waals surface area contributed by atoms with Crippen molar-refractivity contribution in [2.45, 2.75) is 18.4 Å². The van der Waals surface area contributed by atoms with Crippen LogP contribution in [0.2, 0.25) is 0 Å². The van der Waals surface area contributed by atoms with E-state index in [1.165, 1.54) is 0 Å². The van der Waals surface area contributed by atoms with Gasteiger partial charge in [0.2, 0.25) is 0 Å². The quantitative estimate of drug-likeness (QED) is 0.825. The van der Waals surface area contributed by atoms with Crippen molar-refractivity contribution in [3.63, 3.8) is 0 Å². The van der Waals surface area contributed by atoms with E-state index < -0.39 is 0 Å². The van der Waals surface area contributed by atoms with Gasteiger partial charge in [-0.05, 0) is 12.8 Å². The van der Waals surface area contributed by atoms with Crippen LogP contribution >= 0.6 is 0 Å². The van der Waals surface area contributed by atoms with E-state index in [-0.39, 0.29) is 11.6 Å². The number of nitrogens with zero attached hydrogens (tertiary/aromatic N) is 5. The number of urea groups is 1. The molecule has 2 aliphatic rings. The molecule has 1 saturated heterocycles. The van der Waals surface area contributed by atoms with Crippen LogP contribution < -0.4 is 10.6 Å². The van der Waals surface area contributed by atoms with Gasteiger partial charge in [0.1, 0.15) is 5.82 Å². The van der Waals surface area contributed by atoms with E-state index in [1.807, 2.05) is 26.4 Å². The second-order valence-electron chi connectivity index (χ2n) is 7.07. The predicted octanol–water partition coefficient (Wildman–Crippen LogP) is 0.807. The largest absolute Gasteiger partial charge is 0.379 e. The van der Waals surface area contributed by atoms with Crippen molar-refractivity contribution >= 4 is 11.8 Å². The maximum absolute atomic E-state index is 12.3. The molecule has 0 atom stereocenters. The molecule has 1 aliphatic heterocycles. The van der Waals surface area contributed by atoms with Crippen molar-refractivity contribution < 1.29 is 9.53 Å². The molecule has 2 fully saturated rings. The Hall–Kier alpha value is -2.39. The van der Waals surface area contributed by atoms with Gasteiger partial charge in [0.15, 0.2) is 0 Å². The summed E-state index contributed by atoms with van der Waals surface area (Å²) in [6.07, 6.45) is 5.91. The highest BCUT2D eigenvalue weighted by molar-refractivity contribution is 5.89. The number of anilines is 1. The van der Waals surface area contributed by atoms with Gasteiger partial charge in [-0.3, -0.25) is 19.6 Å². The topological polar surface area (TPSA) is 89.2 Å². The van der Waals surface area contributed by atoms with Crippen LogP contribution in [-0.4, -0.2) is 68.9 Å². The smallest absolute Gasteiger partial charge is 0.320 e. The molecule has 1 aliphatic carbocycles. The Labute approximate surface area is 152 Å². The molecule has 2 aromatic rings. The van der Waals surface area contributed by atoms with Crippen LogP contribution in [0, 0.1) is 0 Å². The number of rotatable bonds is 5. The summed E-state index contributed by atoms with van der Waals surface area (Å²) in [4.78, 5) is 14.8. The van der Waals surface area contributed by atoms with Gasteiger partial charge in [-0.1, -0.05) is 0 Å². The lowest BCUT2D eigenvalue weighted by Crippen LogP contribution is -2.51. The van der Waals surface area contributed by atoms with Crippen LogP contribution in [-0.2, 0) is 18.8 Å². The molecule has 9 heteroatoms. The normalized spacial score (nSPS) is 19.3. The lowest BCUT2D eigenvalue weighted by molar-refractivity contribution is 0.0103. The zero-order chi connectivity index (χ0) is 18.1. The van der Waals surface area contributed by atoms with Crippen molar-refractivity contribution in [3.8, 4) is 11.3 Å². The predicted molar refractivity (Wildman–Crippen MR) is 96.8 cm³/mol. The summed E-state index contributed by atoms with van der Waals surface area (Å²) in [7, 11) is 3.67. The highest BCUT2D eigenvalue weighted by atomic mass is 16.5. The SMILES string of the molecule is Cn1cc(-c2cc(NC(=O)NCC3(N4CCOCC4)CC3)n(C)n2)cn1. The van der Waals surface area contributed by atoms with E-state index in [0.717, 1.165) is 50.4 Å². The van der Waals surface area contributed by atoms with Crippen molar-refractivity contribution in [3.05, 3.63) is 18.5 Å². The third-order valence-corrected chi connectivity index (χ3v) is 5.21. The number of carbonyl (C=O) groups is 1. The molecule has 140 valence electrons. The number of aryl methyl sites for hydroxylation is 2. The van der Waals surface area contributed by atoms with Crippen molar-refractivity contribution in [2.75, 3.05) is 38.2 Å². The van der Waals surface area contributed by atoms with Crippen molar-refractivity contribution in [1.82, 2.24) is 29.8 Å². The minimum Gasteiger partial charge on any atom is -0.379 e. The van der Waals surface area contributed by atoms with Gasteiger partial charge in [0, 0.05) is 57.1 Å². The zero-order valence-corrected chi connectivity index (χ0v) is 15.2. The Morgan fingerprint density at radius 2 is 2.08 bits per heavy atom.